The van der Waals surface area contributed by atoms with Gasteiger partial charge in [-0.2, -0.15) is 0 Å². The van der Waals surface area contributed by atoms with Crippen LogP contribution in [0.1, 0.15) is 43.8 Å². The van der Waals surface area contributed by atoms with Crippen molar-refractivity contribution in [2.24, 2.45) is 0 Å². The molecule has 2 N–H and O–H groups in total. The summed E-state index contributed by atoms with van der Waals surface area (Å²) in [6.45, 7) is 2.98. The Kier molecular flexibility index (Phi) is 5.52. The lowest BCUT2D eigenvalue weighted by Crippen LogP contribution is -2.43. The van der Waals surface area contributed by atoms with Gasteiger partial charge in [-0.25, -0.2) is 14.4 Å². The Morgan fingerprint density at radius 1 is 1.11 bits per heavy atom. The Hall–Kier alpha value is -2.54. The number of hydrogen-bond acceptors (Lipinski definition) is 5. The third-order valence-electron chi connectivity index (χ3n) is 5.72. The van der Waals surface area contributed by atoms with Crippen LogP contribution in [0, 0.1) is 5.82 Å². The summed E-state index contributed by atoms with van der Waals surface area (Å²) in [5, 5.41) is 0. The summed E-state index contributed by atoms with van der Waals surface area (Å²) in [7, 11) is 0. The van der Waals surface area contributed by atoms with Gasteiger partial charge in [0.2, 0.25) is 11.9 Å². The van der Waals surface area contributed by atoms with Gasteiger partial charge < -0.3 is 10.6 Å². The third-order valence-corrected chi connectivity index (χ3v) is 5.72. The van der Waals surface area contributed by atoms with E-state index < -0.39 is 0 Å². The first-order valence-electron chi connectivity index (χ1n) is 10.0. The van der Waals surface area contributed by atoms with E-state index in [2.05, 4.69) is 14.9 Å². The average Bonchev–Trinajstić information content (AvgIpc) is 3.24. The summed E-state index contributed by atoms with van der Waals surface area (Å²) in [6.07, 6.45) is 6.94. The van der Waals surface area contributed by atoms with Gasteiger partial charge in [-0.3, -0.25) is 9.69 Å². The molecule has 148 valence electrons. The maximum atomic E-state index is 13.4. The molecule has 0 bridgehead atoms. The summed E-state index contributed by atoms with van der Waals surface area (Å²) in [6, 6.07) is 6.34. The number of aromatic nitrogens is 2. The number of carbonyl (C=O) groups is 1. The molecule has 1 amide bonds. The van der Waals surface area contributed by atoms with Crippen LogP contribution < -0.4 is 5.73 Å². The Bertz CT molecular complexity index is 835. The zero-order valence-electron chi connectivity index (χ0n) is 16.0. The van der Waals surface area contributed by atoms with E-state index in [0.29, 0.717) is 6.54 Å². The van der Waals surface area contributed by atoms with Gasteiger partial charge in [0, 0.05) is 24.8 Å². The molecule has 6 nitrogen and oxygen atoms in total. The fraction of sp³-hybridized carbons (Fsp3) is 0.476. The Morgan fingerprint density at radius 3 is 2.57 bits per heavy atom. The minimum Gasteiger partial charge on any atom is -0.368 e. The SMILES string of the molecule is Nc1ncc(-c2ccc(F)cc2)c([C@@H]2CCCCN2CC(=O)N2CCCC2)n1. The first kappa shape index (κ1) is 18.8. The average molecular weight is 383 g/mol. The second-order valence-electron chi connectivity index (χ2n) is 7.60. The number of anilines is 1. The lowest BCUT2D eigenvalue weighted by molar-refractivity contribution is -0.132. The van der Waals surface area contributed by atoms with E-state index in [0.717, 1.165) is 68.6 Å². The van der Waals surface area contributed by atoms with Crippen LogP contribution in [-0.2, 0) is 4.79 Å². The van der Waals surface area contributed by atoms with Crippen molar-refractivity contribution in [1.82, 2.24) is 19.8 Å². The predicted octanol–water partition coefficient (Wildman–Crippen LogP) is 3.01. The van der Waals surface area contributed by atoms with Crippen molar-refractivity contribution in [2.45, 2.75) is 38.1 Å². The van der Waals surface area contributed by atoms with Crippen molar-refractivity contribution >= 4 is 11.9 Å². The second kappa shape index (κ2) is 8.22. The molecule has 0 spiro atoms. The van der Waals surface area contributed by atoms with Gasteiger partial charge in [0.05, 0.1) is 18.3 Å². The topological polar surface area (TPSA) is 75.3 Å². The highest BCUT2D eigenvalue weighted by molar-refractivity contribution is 5.78. The number of amides is 1. The number of likely N-dealkylation sites (tertiary alicyclic amines) is 2. The number of carbonyl (C=O) groups excluding carboxylic acids is 1. The largest absolute Gasteiger partial charge is 0.368 e. The second-order valence-corrected chi connectivity index (χ2v) is 7.60. The Labute approximate surface area is 164 Å². The summed E-state index contributed by atoms with van der Waals surface area (Å²) >= 11 is 0. The fourth-order valence-corrected chi connectivity index (χ4v) is 4.25. The van der Waals surface area contributed by atoms with E-state index in [1.165, 1.54) is 12.1 Å². The lowest BCUT2D eigenvalue weighted by Gasteiger charge is -2.36. The molecule has 4 rings (SSSR count). The van der Waals surface area contributed by atoms with E-state index in [1.54, 1.807) is 18.3 Å². The normalized spacial score (nSPS) is 20.5. The number of piperidine rings is 1. The molecule has 1 aromatic carbocycles. The van der Waals surface area contributed by atoms with E-state index in [-0.39, 0.29) is 23.7 Å². The van der Waals surface area contributed by atoms with E-state index in [1.807, 2.05) is 4.90 Å². The van der Waals surface area contributed by atoms with Crippen molar-refractivity contribution in [1.29, 1.82) is 0 Å². The molecule has 2 saturated heterocycles. The third kappa shape index (κ3) is 3.99. The smallest absolute Gasteiger partial charge is 0.236 e. The van der Waals surface area contributed by atoms with Crippen LogP contribution in [0.3, 0.4) is 0 Å². The van der Waals surface area contributed by atoms with Crippen LogP contribution >= 0.6 is 0 Å². The van der Waals surface area contributed by atoms with Crippen LogP contribution in [-0.4, -0.2) is 51.9 Å². The van der Waals surface area contributed by atoms with Crippen molar-refractivity contribution in [2.75, 3.05) is 31.9 Å². The molecule has 0 aliphatic carbocycles. The van der Waals surface area contributed by atoms with Gasteiger partial charge in [-0.15, -0.1) is 0 Å². The molecular weight excluding hydrogens is 357 g/mol. The Balaban J connectivity index is 1.64. The van der Waals surface area contributed by atoms with E-state index >= 15 is 0 Å². The molecule has 1 aromatic heterocycles. The Morgan fingerprint density at radius 2 is 1.82 bits per heavy atom. The first-order valence-corrected chi connectivity index (χ1v) is 10.0. The van der Waals surface area contributed by atoms with Crippen molar-refractivity contribution in [3.05, 3.63) is 42.0 Å². The highest BCUT2D eigenvalue weighted by Crippen LogP contribution is 2.36. The number of benzene rings is 1. The fourth-order valence-electron chi connectivity index (χ4n) is 4.25. The lowest BCUT2D eigenvalue weighted by atomic mass is 9.93. The molecule has 0 unspecified atom stereocenters. The zero-order chi connectivity index (χ0) is 19.5. The summed E-state index contributed by atoms with van der Waals surface area (Å²) in [5.74, 6) is 0.129. The number of nitrogens with zero attached hydrogens (tertiary/aromatic N) is 4. The summed E-state index contributed by atoms with van der Waals surface area (Å²) < 4.78 is 13.4. The summed E-state index contributed by atoms with van der Waals surface area (Å²) in [4.78, 5) is 25.6. The first-order chi connectivity index (χ1) is 13.6. The van der Waals surface area contributed by atoms with Crippen molar-refractivity contribution in [3.8, 4) is 11.1 Å². The van der Waals surface area contributed by atoms with Crippen LogP contribution in [0.25, 0.3) is 11.1 Å². The molecule has 1 atom stereocenters. The minimum absolute atomic E-state index is 0.00524. The van der Waals surface area contributed by atoms with Crippen LogP contribution in [0.15, 0.2) is 30.5 Å². The van der Waals surface area contributed by atoms with Gasteiger partial charge in [-0.1, -0.05) is 18.6 Å². The standard InChI is InChI=1S/C21H26FN5O/c22-16-8-6-15(7-9-16)17-13-24-21(23)25-20(17)18-5-1-2-12-27(18)14-19(28)26-10-3-4-11-26/h6-9,13,18H,1-5,10-12,14H2,(H2,23,24,25)/t18-/m0/s1. The molecule has 2 aliphatic rings. The number of halogens is 1. The molecule has 2 aliphatic heterocycles. The van der Waals surface area contributed by atoms with Crippen LogP contribution in [0.4, 0.5) is 10.3 Å². The number of rotatable bonds is 4. The van der Waals surface area contributed by atoms with Gasteiger partial charge in [0.1, 0.15) is 5.82 Å². The minimum atomic E-state index is -0.280. The quantitative estimate of drug-likeness (QED) is 0.878. The van der Waals surface area contributed by atoms with E-state index in [9.17, 15) is 9.18 Å². The summed E-state index contributed by atoms with van der Waals surface area (Å²) in [5.41, 5.74) is 8.43. The van der Waals surface area contributed by atoms with Gasteiger partial charge in [0.15, 0.2) is 0 Å². The monoisotopic (exact) mass is 383 g/mol. The van der Waals surface area contributed by atoms with Crippen LogP contribution in [0.2, 0.25) is 0 Å². The molecule has 2 aromatic rings. The highest BCUT2D eigenvalue weighted by atomic mass is 19.1. The molecule has 0 radical (unpaired) electrons. The highest BCUT2D eigenvalue weighted by Gasteiger charge is 2.31. The molecule has 7 heteroatoms. The maximum absolute atomic E-state index is 13.4. The van der Waals surface area contributed by atoms with E-state index in [4.69, 9.17) is 5.73 Å². The maximum Gasteiger partial charge on any atom is 0.236 e. The molecular formula is C21H26FN5O. The molecule has 28 heavy (non-hydrogen) atoms. The number of nitrogens with two attached hydrogens (primary N) is 1. The predicted molar refractivity (Wildman–Crippen MR) is 106 cm³/mol. The van der Waals surface area contributed by atoms with Crippen molar-refractivity contribution < 1.29 is 9.18 Å². The number of hydrogen-bond donors (Lipinski definition) is 1. The zero-order valence-corrected chi connectivity index (χ0v) is 16.0. The van der Waals surface area contributed by atoms with Crippen molar-refractivity contribution in [3.63, 3.8) is 0 Å². The molecule has 2 fully saturated rings. The van der Waals surface area contributed by atoms with Gasteiger partial charge in [0.25, 0.3) is 0 Å². The number of nitrogen functional groups attached to an aromatic ring is 1. The molecule has 3 heterocycles. The van der Waals surface area contributed by atoms with Crippen LogP contribution in [0.5, 0.6) is 0 Å². The molecule has 0 saturated carbocycles. The van der Waals surface area contributed by atoms with Gasteiger partial charge >= 0.3 is 0 Å². The van der Waals surface area contributed by atoms with Gasteiger partial charge in [-0.05, 0) is 49.9 Å².